The van der Waals surface area contributed by atoms with E-state index in [0.29, 0.717) is 18.8 Å². The summed E-state index contributed by atoms with van der Waals surface area (Å²) in [5.41, 5.74) is 3.15. The fourth-order valence-electron chi connectivity index (χ4n) is 2.70. The minimum atomic E-state index is -0.583. The van der Waals surface area contributed by atoms with Gasteiger partial charge in [-0.1, -0.05) is 18.2 Å². The van der Waals surface area contributed by atoms with Crippen LogP contribution in [0.1, 0.15) is 25.3 Å². The number of hydrogen-bond donors (Lipinski definition) is 2. The number of carbonyl (C=O) groups is 2. The molecule has 1 fully saturated rings. The Balaban J connectivity index is 1.98. The van der Waals surface area contributed by atoms with Crippen molar-refractivity contribution in [3.63, 3.8) is 0 Å². The molecule has 120 valence electrons. The molecule has 0 bridgehead atoms. The van der Waals surface area contributed by atoms with Crippen molar-refractivity contribution in [3.05, 3.63) is 29.8 Å². The predicted octanol–water partition coefficient (Wildman–Crippen LogP) is 0.991. The van der Waals surface area contributed by atoms with Crippen molar-refractivity contribution in [2.24, 2.45) is 11.8 Å². The second-order valence-electron chi connectivity index (χ2n) is 5.66. The monoisotopic (exact) mass is 305 g/mol. The maximum absolute atomic E-state index is 12.5. The van der Waals surface area contributed by atoms with Crippen LogP contribution >= 0.6 is 0 Å². The maximum Gasteiger partial charge on any atom is 0.263 e. The third kappa shape index (κ3) is 3.76. The number of aryl methyl sites for hydroxylation is 1. The van der Waals surface area contributed by atoms with Gasteiger partial charge in [0, 0.05) is 13.1 Å². The van der Waals surface area contributed by atoms with E-state index in [-0.39, 0.29) is 17.7 Å². The van der Waals surface area contributed by atoms with E-state index in [1.54, 1.807) is 11.8 Å². The summed E-state index contributed by atoms with van der Waals surface area (Å²) in [4.78, 5) is 25.8. The van der Waals surface area contributed by atoms with E-state index in [1.807, 2.05) is 31.2 Å². The Labute approximate surface area is 130 Å². The van der Waals surface area contributed by atoms with Crippen molar-refractivity contribution >= 4 is 11.8 Å². The zero-order valence-electron chi connectivity index (χ0n) is 13.0. The minimum absolute atomic E-state index is 0.0993. The van der Waals surface area contributed by atoms with Gasteiger partial charge in [-0.05, 0) is 38.3 Å². The van der Waals surface area contributed by atoms with E-state index in [4.69, 9.17) is 10.6 Å². The first-order valence-electron chi connectivity index (χ1n) is 7.54. The number of carbonyl (C=O) groups excluding carboxylic acids is 2. The minimum Gasteiger partial charge on any atom is -0.481 e. The number of piperidine rings is 1. The Hall–Kier alpha value is -2.08. The highest BCUT2D eigenvalue weighted by atomic mass is 16.5. The molecule has 0 saturated carbocycles. The van der Waals surface area contributed by atoms with Crippen LogP contribution < -0.4 is 16.0 Å². The van der Waals surface area contributed by atoms with E-state index in [1.165, 1.54) is 0 Å². The van der Waals surface area contributed by atoms with Gasteiger partial charge in [-0.2, -0.15) is 0 Å². The third-order valence-electron chi connectivity index (χ3n) is 3.99. The van der Waals surface area contributed by atoms with Crippen molar-refractivity contribution < 1.29 is 14.3 Å². The topological polar surface area (TPSA) is 84.7 Å². The van der Waals surface area contributed by atoms with Crippen LogP contribution in [0, 0.1) is 12.8 Å². The van der Waals surface area contributed by atoms with Gasteiger partial charge in [0.05, 0.1) is 5.92 Å². The first-order valence-corrected chi connectivity index (χ1v) is 7.54. The van der Waals surface area contributed by atoms with E-state index in [2.05, 4.69) is 5.43 Å². The number of hydrogen-bond acceptors (Lipinski definition) is 4. The van der Waals surface area contributed by atoms with Gasteiger partial charge >= 0.3 is 0 Å². The molecule has 1 heterocycles. The van der Waals surface area contributed by atoms with Crippen LogP contribution in [0.3, 0.4) is 0 Å². The number of nitrogens with two attached hydrogens (primary N) is 1. The number of likely N-dealkylation sites (tertiary alicyclic amines) is 1. The van der Waals surface area contributed by atoms with Crippen LogP contribution in [0.5, 0.6) is 5.75 Å². The van der Waals surface area contributed by atoms with E-state index >= 15 is 0 Å². The summed E-state index contributed by atoms with van der Waals surface area (Å²) < 4.78 is 5.77. The summed E-state index contributed by atoms with van der Waals surface area (Å²) in [5, 5.41) is 0. The first kappa shape index (κ1) is 16.3. The molecule has 6 nitrogen and oxygen atoms in total. The molecular formula is C16H23N3O3. The van der Waals surface area contributed by atoms with E-state index in [9.17, 15) is 9.59 Å². The lowest BCUT2D eigenvalue weighted by Gasteiger charge is -2.33. The molecular weight excluding hydrogens is 282 g/mol. The van der Waals surface area contributed by atoms with Gasteiger partial charge in [0.1, 0.15) is 5.75 Å². The van der Waals surface area contributed by atoms with Crippen LogP contribution in [-0.2, 0) is 9.59 Å². The fourth-order valence-corrected chi connectivity index (χ4v) is 2.70. The normalized spacial score (nSPS) is 19.4. The largest absolute Gasteiger partial charge is 0.481 e. The highest BCUT2D eigenvalue weighted by Gasteiger charge is 2.30. The van der Waals surface area contributed by atoms with Crippen LogP contribution in [-0.4, -0.2) is 35.9 Å². The molecule has 1 aromatic carbocycles. The number of rotatable bonds is 4. The molecule has 6 heteroatoms. The number of amides is 2. The van der Waals surface area contributed by atoms with E-state index in [0.717, 1.165) is 18.4 Å². The molecule has 2 rings (SSSR count). The molecule has 1 saturated heterocycles. The second-order valence-corrected chi connectivity index (χ2v) is 5.66. The van der Waals surface area contributed by atoms with Gasteiger partial charge in [0.25, 0.3) is 5.91 Å². The van der Waals surface area contributed by atoms with Crippen LogP contribution in [0.4, 0.5) is 0 Å². The highest BCUT2D eigenvalue weighted by molar-refractivity contribution is 5.83. The average Bonchev–Trinajstić information content (AvgIpc) is 2.55. The van der Waals surface area contributed by atoms with Crippen molar-refractivity contribution in [1.82, 2.24) is 10.3 Å². The summed E-state index contributed by atoms with van der Waals surface area (Å²) in [6.07, 6.45) is 0.960. The summed E-state index contributed by atoms with van der Waals surface area (Å²) >= 11 is 0. The molecule has 0 spiro atoms. The molecule has 1 aromatic rings. The lowest BCUT2D eigenvalue weighted by atomic mass is 9.97. The number of nitrogens with one attached hydrogen (secondary N) is 1. The summed E-state index contributed by atoms with van der Waals surface area (Å²) in [6, 6.07) is 7.59. The zero-order chi connectivity index (χ0) is 16.1. The summed E-state index contributed by atoms with van der Waals surface area (Å²) in [5.74, 6) is 5.32. The lowest BCUT2D eigenvalue weighted by molar-refractivity contribution is -0.141. The number of nitrogens with zero attached hydrogens (tertiary/aromatic N) is 1. The van der Waals surface area contributed by atoms with Gasteiger partial charge in [-0.3, -0.25) is 15.0 Å². The predicted molar refractivity (Wildman–Crippen MR) is 82.9 cm³/mol. The molecule has 3 N–H and O–H groups in total. The Kier molecular flexibility index (Phi) is 5.38. The maximum atomic E-state index is 12.5. The molecule has 2 amide bonds. The average molecular weight is 305 g/mol. The number of para-hydroxylation sites is 1. The number of hydrazine groups is 1. The Morgan fingerprint density at radius 1 is 1.41 bits per heavy atom. The second kappa shape index (κ2) is 7.26. The van der Waals surface area contributed by atoms with Gasteiger partial charge in [-0.25, -0.2) is 5.84 Å². The molecule has 22 heavy (non-hydrogen) atoms. The quantitative estimate of drug-likeness (QED) is 0.493. The van der Waals surface area contributed by atoms with Crippen molar-refractivity contribution in [2.45, 2.75) is 32.8 Å². The van der Waals surface area contributed by atoms with Crippen molar-refractivity contribution in [3.8, 4) is 5.75 Å². The van der Waals surface area contributed by atoms with Crippen LogP contribution in [0.2, 0.25) is 0 Å². The molecule has 0 aromatic heterocycles. The summed E-state index contributed by atoms with van der Waals surface area (Å²) in [7, 11) is 0. The Bertz CT molecular complexity index is 547. The first-order chi connectivity index (χ1) is 10.5. The standard InChI is InChI=1S/C16H23N3O3/c1-11-6-3-4-8-14(11)22-12(2)16(21)19-9-5-7-13(10-19)15(20)18-17/h3-4,6,8,12-13H,5,7,9-10,17H2,1-2H3,(H,18,20). The van der Waals surface area contributed by atoms with Crippen molar-refractivity contribution in [2.75, 3.05) is 13.1 Å². The number of ether oxygens (including phenoxy) is 1. The SMILES string of the molecule is Cc1ccccc1OC(C)C(=O)N1CCCC(C(=O)NN)C1. The van der Waals surface area contributed by atoms with Gasteiger partial charge in [0.2, 0.25) is 5.91 Å². The van der Waals surface area contributed by atoms with Gasteiger partial charge < -0.3 is 9.64 Å². The molecule has 2 unspecified atom stereocenters. The zero-order valence-corrected chi connectivity index (χ0v) is 13.0. The molecule has 1 aliphatic heterocycles. The highest BCUT2D eigenvalue weighted by Crippen LogP contribution is 2.21. The van der Waals surface area contributed by atoms with Crippen LogP contribution in [0.25, 0.3) is 0 Å². The number of benzene rings is 1. The van der Waals surface area contributed by atoms with Crippen LogP contribution in [0.15, 0.2) is 24.3 Å². The molecule has 1 aliphatic rings. The Morgan fingerprint density at radius 2 is 2.14 bits per heavy atom. The molecule has 0 radical (unpaired) electrons. The van der Waals surface area contributed by atoms with E-state index < -0.39 is 6.10 Å². The third-order valence-corrected chi connectivity index (χ3v) is 3.99. The lowest BCUT2D eigenvalue weighted by Crippen LogP contribution is -2.50. The van der Waals surface area contributed by atoms with Crippen molar-refractivity contribution in [1.29, 1.82) is 0 Å². The molecule has 2 atom stereocenters. The van der Waals surface area contributed by atoms with Gasteiger partial charge in [0.15, 0.2) is 6.10 Å². The fraction of sp³-hybridized carbons (Fsp3) is 0.500. The smallest absolute Gasteiger partial charge is 0.263 e. The van der Waals surface area contributed by atoms with Gasteiger partial charge in [-0.15, -0.1) is 0 Å². The Morgan fingerprint density at radius 3 is 2.82 bits per heavy atom. The molecule has 0 aliphatic carbocycles. The summed E-state index contributed by atoms with van der Waals surface area (Å²) in [6.45, 7) is 4.72.